The monoisotopic (exact) mass is 289 g/mol. The van der Waals surface area contributed by atoms with Crippen molar-refractivity contribution in [2.45, 2.75) is 4.90 Å². The molecule has 0 fully saturated rings. The van der Waals surface area contributed by atoms with Crippen LogP contribution in [0.15, 0.2) is 23.1 Å². The summed E-state index contributed by atoms with van der Waals surface area (Å²) < 4.78 is 38.7. The van der Waals surface area contributed by atoms with Crippen LogP contribution in [0.4, 0.5) is 10.1 Å². The van der Waals surface area contributed by atoms with E-state index in [0.29, 0.717) is 0 Å². The van der Waals surface area contributed by atoms with Crippen LogP contribution in [0.5, 0.6) is 0 Å². The van der Waals surface area contributed by atoms with E-state index in [-0.39, 0.29) is 12.2 Å². The lowest BCUT2D eigenvalue weighted by Gasteiger charge is -2.20. The Morgan fingerprint density at radius 2 is 1.89 bits per heavy atom. The van der Waals surface area contributed by atoms with Gasteiger partial charge in [0, 0.05) is 21.1 Å². The molecule has 106 valence electrons. The van der Waals surface area contributed by atoms with Crippen molar-refractivity contribution in [2.75, 3.05) is 33.4 Å². The first-order chi connectivity index (χ1) is 8.67. The van der Waals surface area contributed by atoms with E-state index in [1.54, 1.807) is 0 Å². The van der Waals surface area contributed by atoms with Gasteiger partial charge >= 0.3 is 0 Å². The number of carbonyl (C=O) groups is 1. The second kappa shape index (κ2) is 5.54. The lowest BCUT2D eigenvalue weighted by atomic mass is 10.3. The van der Waals surface area contributed by atoms with E-state index in [0.717, 1.165) is 10.4 Å². The molecule has 19 heavy (non-hydrogen) atoms. The molecule has 6 nitrogen and oxygen atoms in total. The fourth-order valence-electron chi connectivity index (χ4n) is 1.37. The number of anilines is 1. The highest BCUT2D eigenvalue weighted by Crippen LogP contribution is 2.24. The summed E-state index contributed by atoms with van der Waals surface area (Å²) in [5.41, 5.74) is 5.30. The number of hydrogen-bond donors (Lipinski definition) is 1. The molecular weight excluding hydrogens is 273 g/mol. The molecule has 0 aliphatic rings. The highest BCUT2D eigenvalue weighted by molar-refractivity contribution is 7.89. The van der Waals surface area contributed by atoms with Gasteiger partial charge in [0.05, 0.1) is 12.2 Å². The number of amides is 1. The van der Waals surface area contributed by atoms with Gasteiger partial charge in [0.25, 0.3) is 0 Å². The van der Waals surface area contributed by atoms with E-state index in [2.05, 4.69) is 0 Å². The van der Waals surface area contributed by atoms with Crippen LogP contribution in [-0.2, 0) is 14.8 Å². The Labute approximate surface area is 111 Å². The second-order valence-corrected chi connectivity index (χ2v) is 6.19. The molecule has 0 aromatic heterocycles. The van der Waals surface area contributed by atoms with Gasteiger partial charge in [-0.2, -0.15) is 4.31 Å². The lowest BCUT2D eigenvalue weighted by Crippen LogP contribution is -2.38. The maximum Gasteiger partial charge on any atom is 0.248 e. The smallest absolute Gasteiger partial charge is 0.248 e. The summed E-state index contributed by atoms with van der Waals surface area (Å²) in [7, 11) is 0.0545. The van der Waals surface area contributed by atoms with Gasteiger partial charge in [-0.3, -0.25) is 4.79 Å². The Hall–Kier alpha value is -1.67. The molecule has 0 saturated carbocycles. The quantitative estimate of drug-likeness (QED) is 0.798. The number of rotatable bonds is 4. The Bertz CT molecular complexity index is 567. The summed E-state index contributed by atoms with van der Waals surface area (Å²) in [6.07, 6.45) is 0. The summed E-state index contributed by atoms with van der Waals surface area (Å²) in [6, 6.07) is 3.61. The van der Waals surface area contributed by atoms with E-state index < -0.39 is 26.6 Å². The van der Waals surface area contributed by atoms with Gasteiger partial charge in [0.15, 0.2) is 0 Å². The molecule has 0 spiro atoms. The highest BCUT2D eigenvalue weighted by atomic mass is 32.2. The molecule has 8 heteroatoms. The molecule has 1 aromatic rings. The predicted molar refractivity (Wildman–Crippen MR) is 69.3 cm³/mol. The van der Waals surface area contributed by atoms with E-state index in [4.69, 9.17) is 5.73 Å². The summed E-state index contributed by atoms with van der Waals surface area (Å²) in [5, 5.41) is 0. The van der Waals surface area contributed by atoms with Crippen LogP contribution >= 0.6 is 0 Å². The molecular formula is C11H16FN3O3S. The minimum absolute atomic E-state index is 0.191. The van der Waals surface area contributed by atoms with Gasteiger partial charge in [-0.05, 0) is 12.1 Å². The van der Waals surface area contributed by atoms with E-state index in [1.807, 2.05) is 0 Å². The Morgan fingerprint density at radius 3 is 2.37 bits per heavy atom. The van der Waals surface area contributed by atoms with Gasteiger partial charge in [0.2, 0.25) is 15.9 Å². The van der Waals surface area contributed by atoms with E-state index in [1.165, 1.54) is 38.2 Å². The molecule has 0 unspecified atom stereocenters. The van der Waals surface area contributed by atoms with Crippen LogP contribution in [0.25, 0.3) is 0 Å². The van der Waals surface area contributed by atoms with Crippen LogP contribution in [0.1, 0.15) is 0 Å². The van der Waals surface area contributed by atoms with Gasteiger partial charge in [-0.15, -0.1) is 0 Å². The number of nitrogens with zero attached hydrogens (tertiary/aromatic N) is 2. The van der Waals surface area contributed by atoms with Crippen molar-refractivity contribution in [1.29, 1.82) is 0 Å². The number of likely N-dealkylation sites (N-methyl/N-ethyl adjacent to an activating group) is 2. The maximum atomic E-state index is 13.6. The number of nitrogens with two attached hydrogens (primary N) is 1. The zero-order chi connectivity index (χ0) is 14.8. The van der Waals surface area contributed by atoms with Crippen molar-refractivity contribution >= 4 is 21.6 Å². The Balaban J connectivity index is 3.14. The average Bonchev–Trinajstić information content (AvgIpc) is 2.27. The average molecular weight is 289 g/mol. The molecule has 0 atom stereocenters. The molecule has 0 saturated heterocycles. The Morgan fingerprint density at radius 1 is 1.32 bits per heavy atom. The molecule has 0 radical (unpaired) electrons. The van der Waals surface area contributed by atoms with Crippen LogP contribution in [0.2, 0.25) is 0 Å². The van der Waals surface area contributed by atoms with Crippen LogP contribution in [-0.4, -0.2) is 51.2 Å². The first kappa shape index (κ1) is 15.4. The molecule has 1 rings (SSSR count). The van der Waals surface area contributed by atoms with Crippen molar-refractivity contribution in [3.63, 3.8) is 0 Å². The largest absolute Gasteiger partial charge is 0.398 e. The zero-order valence-corrected chi connectivity index (χ0v) is 11.7. The lowest BCUT2D eigenvalue weighted by molar-refractivity contribution is -0.128. The van der Waals surface area contributed by atoms with Crippen molar-refractivity contribution in [2.24, 2.45) is 0 Å². The minimum Gasteiger partial charge on any atom is -0.398 e. The number of hydrogen-bond acceptors (Lipinski definition) is 4. The molecule has 0 bridgehead atoms. The Kier molecular flexibility index (Phi) is 4.48. The van der Waals surface area contributed by atoms with E-state index >= 15 is 0 Å². The van der Waals surface area contributed by atoms with Gasteiger partial charge < -0.3 is 10.6 Å². The van der Waals surface area contributed by atoms with Gasteiger partial charge in [0.1, 0.15) is 10.7 Å². The summed E-state index contributed by atoms with van der Waals surface area (Å²) in [5.74, 6) is -1.36. The fourth-order valence-corrected chi connectivity index (χ4v) is 2.64. The normalized spacial score (nSPS) is 11.6. The summed E-state index contributed by atoms with van der Waals surface area (Å²) >= 11 is 0. The molecule has 2 N–H and O–H groups in total. The highest BCUT2D eigenvalue weighted by Gasteiger charge is 2.28. The number of carbonyl (C=O) groups excluding carboxylic acids is 1. The number of sulfonamides is 1. The third-order valence-corrected chi connectivity index (χ3v) is 4.42. The third kappa shape index (κ3) is 3.21. The maximum absolute atomic E-state index is 13.6. The number of nitrogen functional groups attached to an aromatic ring is 1. The SMILES string of the molecule is CN(C)C(=O)CN(C)S(=O)(=O)c1c(N)cccc1F. The van der Waals surface area contributed by atoms with E-state index in [9.17, 15) is 17.6 Å². The van der Waals surface area contributed by atoms with Crippen molar-refractivity contribution in [3.8, 4) is 0 Å². The zero-order valence-electron chi connectivity index (χ0n) is 10.9. The summed E-state index contributed by atoms with van der Waals surface area (Å²) in [4.78, 5) is 12.1. The second-order valence-electron chi connectivity index (χ2n) is 4.21. The predicted octanol–water partition coefficient (Wildman–Crippen LogP) is 0.117. The minimum atomic E-state index is -4.14. The molecule has 1 aromatic carbocycles. The summed E-state index contributed by atoms with van der Waals surface area (Å²) in [6.45, 7) is -0.386. The number of halogens is 1. The molecule has 0 aliphatic heterocycles. The van der Waals surface area contributed by atoms with Gasteiger partial charge in [-0.25, -0.2) is 12.8 Å². The third-order valence-electron chi connectivity index (χ3n) is 2.52. The first-order valence-corrected chi connectivity index (χ1v) is 6.82. The molecule has 1 amide bonds. The topological polar surface area (TPSA) is 83.7 Å². The molecule has 0 heterocycles. The standard InChI is InChI=1S/C11H16FN3O3S/c1-14(2)10(16)7-15(3)19(17,18)11-8(12)5-4-6-9(11)13/h4-6H,7,13H2,1-3H3. The van der Waals surface area contributed by atoms with Crippen molar-refractivity contribution in [3.05, 3.63) is 24.0 Å². The van der Waals surface area contributed by atoms with Crippen molar-refractivity contribution in [1.82, 2.24) is 9.21 Å². The van der Waals surface area contributed by atoms with Gasteiger partial charge in [-0.1, -0.05) is 6.07 Å². The fraction of sp³-hybridized carbons (Fsp3) is 0.364. The van der Waals surface area contributed by atoms with Crippen LogP contribution < -0.4 is 5.73 Å². The van der Waals surface area contributed by atoms with Crippen molar-refractivity contribution < 1.29 is 17.6 Å². The number of benzene rings is 1. The van der Waals surface area contributed by atoms with Crippen LogP contribution in [0.3, 0.4) is 0 Å². The first-order valence-electron chi connectivity index (χ1n) is 5.38. The molecule has 0 aliphatic carbocycles. The van der Waals surface area contributed by atoms with Crippen LogP contribution in [0, 0.1) is 5.82 Å².